The number of unbranched alkanes of at least 4 members (excludes halogenated alkanes) is 5. The number of benzene rings is 2. The van der Waals surface area contributed by atoms with Crippen LogP contribution in [0.4, 0.5) is 0 Å². The Morgan fingerprint density at radius 1 is 0.905 bits per heavy atom. The molecule has 0 saturated heterocycles. The number of fused-ring (bicyclic) bond motifs is 1. The van der Waals surface area contributed by atoms with E-state index in [0.717, 1.165) is 11.3 Å². The smallest absolute Gasteiger partial charge is 0.193 e. The quantitative estimate of drug-likeness (QED) is 0.426. The maximum absolute atomic E-state index is 12.0. The minimum atomic E-state index is 0.292. The van der Waals surface area contributed by atoms with Crippen molar-refractivity contribution in [1.82, 2.24) is 0 Å². The monoisotopic (exact) mass is 300 g/mol. The highest BCUT2D eigenvalue weighted by Gasteiger charge is 2.05. The topological polar surface area (TPSA) is 17.1 Å². The van der Waals surface area contributed by atoms with E-state index in [2.05, 4.69) is 31.2 Å². The fourth-order valence-electron chi connectivity index (χ4n) is 2.46. The summed E-state index contributed by atoms with van der Waals surface area (Å²) in [4.78, 5) is 13.1. The lowest BCUT2D eigenvalue weighted by Crippen LogP contribution is -1.91. The number of hydrogen-bond acceptors (Lipinski definition) is 2. The van der Waals surface area contributed by atoms with E-state index in [0.29, 0.717) is 11.5 Å². The number of carbonyl (C=O) groups excluding carboxylic acids is 1. The van der Waals surface area contributed by atoms with Gasteiger partial charge in [0.1, 0.15) is 0 Å². The van der Waals surface area contributed by atoms with Gasteiger partial charge in [-0.2, -0.15) is 0 Å². The predicted octanol–water partition coefficient (Wildman–Crippen LogP) is 6.21. The van der Waals surface area contributed by atoms with Gasteiger partial charge in [0.2, 0.25) is 0 Å². The Hall–Kier alpha value is -1.28. The van der Waals surface area contributed by atoms with Gasteiger partial charge in [0.25, 0.3) is 0 Å². The van der Waals surface area contributed by atoms with Crippen molar-refractivity contribution < 1.29 is 4.79 Å². The standard InChI is InChI=1S/C19H24OS/c1-2-3-4-5-6-7-12-19(20)21-18-14-13-16-10-8-9-11-17(16)15-18/h8-11,13-15H,2-7,12H2,1H3. The normalized spacial score (nSPS) is 10.9. The zero-order valence-corrected chi connectivity index (χ0v) is 13.6. The molecule has 2 aromatic rings. The van der Waals surface area contributed by atoms with Gasteiger partial charge < -0.3 is 0 Å². The van der Waals surface area contributed by atoms with E-state index in [1.165, 1.54) is 54.6 Å². The van der Waals surface area contributed by atoms with E-state index in [1.54, 1.807) is 0 Å². The highest BCUT2D eigenvalue weighted by molar-refractivity contribution is 8.13. The second-order valence-electron chi connectivity index (χ2n) is 5.50. The second kappa shape index (κ2) is 8.89. The lowest BCUT2D eigenvalue weighted by Gasteiger charge is -2.03. The van der Waals surface area contributed by atoms with Crippen LogP contribution in [0.1, 0.15) is 51.9 Å². The predicted molar refractivity (Wildman–Crippen MR) is 92.8 cm³/mol. The van der Waals surface area contributed by atoms with Gasteiger partial charge in [0, 0.05) is 11.3 Å². The summed E-state index contributed by atoms with van der Waals surface area (Å²) in [5.41, 5.74) is 0. The Kier molecular flexibility index (Phi) is 6.81. The van der Waals surface area contributed by atoms with Crippen LogP contribution in [0.25, 0.3) is 10.8 Å². The highest BCUT2D eigenvalue weighted by Crippen LogP contribution is 2.25. The Balaban J connectivity index is 1.76. The van der Waals surface area contributed by atoms with Crippen LogP contribution >= 0.6 is 11.8 Å². The van der Waals surface area contributed by atoms with Gasteiger partial charge >= 0.3 is 0 Å². The summed E-state index contributed by atoms with van der Waals surface area (Å²) in [6, 6.07) is 14.5. The van der Waals surface area contributed by atoms with Gasteiger partial charge in [-0.05, 0) is 29.3 Å². The van der Waals surface area contributed by atoms with Crippen LogP contribution in [0.3, 0.4) is 0 Å². The first-order valence-electron chi connectivity index (χ1n) is 7.99. The van der Waals surface area contributed by atoms with Crippen LogP contribution in [-0.4, -0.2) is 5.12 Å². The number of hydrogen-bond donors (Lipinski definition) is 0. The van der Waals surface area contributed by atoms with Crippen molar-refractivity contribution in [1.29, 1.82) is 0 Å². The van der Waals surface area contributed by atoms with Gasteiger partial charge in [-0.3, -0.25) is 4.79 Å². The maximum atomic E-state index is 12.0. The molecular weight excluding hydrogens is 276 g/mol. The number of thioether (sulfide) groups is 1. The molecular formula is C19H24OS. The highest BCUT2D eigenvalue weighted by atomic mass is 32.2. The average molecular weight is 300 g/mol. The molecule has 0 spiro atoms. The molecule has 0 unspecified atom stereocenters. The van der Waals surface area contributed by atoms with Crippen molar-refractivity contribution in [2.75, 3.05) is 0 Å². The van der Waals surface area contributed by atoms with E-state index >= 15 is 0 Å². The van der Waals surface area contributed by atoms with Crippen molar-refractivity contribution in [3.63, 3.8) is 0 Å². The van der Waals surface area contributed by atoms with E-state index < -0.39 is 0 Å². The van der Waals surface area contributed by atoms with Gasteiger partial charge in [-0.1, -0.05) is 81.1 Å². The molecule has 0 bridgehead atoms. The maximum Gasteiger partial charge on any atom is 0.193 e. The molecule has 0 aliphatic heterocycles. The zero-order chi connectivity index (χ0) is 14.9. The third-order valence-corrected chi connectivity index (χ3v) is 4.61. The van der Waals surface area contributed by atoms with Crippen molar-refractivity contribution >= 4 is 27.6 Å². The molecule has 0 aliphatic carbocycles. The third kappa shape index (κ3) is 5.55. The Labute approximate surface area is 132 Å². The molecule has 0 aromatic heterocycles. The zero-order valence-electron chi connectivity index (χ0n) is 12.8. The molecule has 0 radical (unpaired) electrons. The van der Waals surface area contributed by atoms with Crippen LogP contribution < -0.4 is 0 Å². The molecule has 0 atom stereocenters. The van der Waals surface area contributed by atoms with Crippen molar-refractivity contribution in [2.45, 2.75) is 56.8 Å². The molecule has 2 heteroatoms. The van der Waals surface area contributed by atoms with Crippen LogP contribution in [0.5, 0.6) is 0 Å². The van der Waals surface area contributed by atoms with Crippen LogP contribution in [-0.2, 0) is 4.79 Å². The summed E-state index contributed by atoms with van der Waals surface area (Å²) in [7, 11) is 0. The fourth-order valence-corrected chi connectivity index (χ4v) is 3.29. The van der Waals surface area contributed by atoms with Gasteiger partial charge in [-0.25, -0.2) is 0 Å². The van der Waals surface area contributed by atoms with Crippen LogP contribution in [0.15, 0.2) is 47.4 Å². The average Bonchev–Trinajstić information content (AvgIpc) is 2.50. The Bertz CT molecular complexity index is 577. The van der Waals surface area contributed by atoms with E-state index in [1.807, 2.05) is 18.2 Å². The molecule has 0 aliphatic rings. The Morgan fingerprint density at radius 2 is 1.62 bits per heavy atom. The minimum absolute atomic E-state index is 0.292. The van der Waals surface area contributed by atoms with Crippen molar-refractivity contribution in [3.05, 3.63) is 42.5 Å². The second-order valence-corrected chi connectivity index (χ2v) is 6.63. The third-order valence-electron chi connectivity index (χ3n) is 3.69. The molecule has 0 saturated carbocycles. The summed E-state index contributed by atoms with van der Waals surface area (Å²) >= 11 is 1.39. The van der Waals surface area contributed by atoms with Gasteiger partial charge in [-0.15, -0.1) is 0 Å². The summed E-state index contributed by atoms with van der Waals surface area (Å²) < 4.78 is 0. The summed E-state index contributed by atoms with van der Waals surface area (Å²) in [5.74, 6) is 0. The molecule has 0 fully saturated rings. The molecule has 2 aromatic carbocycles. The molecule has 2 rings (SSSR count). The lowest BCUT2D eigenvalue weighted by molar-refractivity contribution is -0.111. The van der Waals surface area contributed by atoms with E-state index in [9.17, 15) is 4.79 Å². The van der Waals surface area contributed by atoms with Crippen molar-refractivity contribution in [3.8, 4) is 0 Å². The number of carbonyl (C=O) groups is 1. The first kappa shape index (κ1) is 16.1. The van der Waals surface area contributed by atoms with Crippen molar-refractivity contribution in [2.24, 2.45) is 0 Å². The molecule has 0 heterocycles. The van der Waals surface area contributed by atoms with Crippen LogP contribution in [0, 0.1) is 0 Å². The number of rotatable bonds is 8. The first-order valence-corrected chi connectivity index (χ1v) is 8.80. The molecule has 0 amide bonds. The van der Waals surface area contributed by atoms with Gasteiger partial charge in [0.05, 0.1) is 0 Å². The molecule has 1 nitrogen and oxygen atoms in total. The van der Waals surface area contributed by atoms with Crippen LogP contribution in [0.2, 0.25) is 0 Å². The van der Waals surface area contributed by atoms with Gasteiger partial charge in [0.15, 0.2) is 5.12 Å². The Morgan fingerprint density at radius 3 is 2.43 bits per heavy atom. The van der Waals surface area contributed by atoms with E-state index in [-0.39, 0.29) is 0 Å². The van der Waals surface area contributed by atoms with E-state index in [4.69, 9.17) is 0 Å². The molecule has 21 heavy (non-hydrogen) atoms. The summed E-state index contributed by atoms with van der Waals surface area (Å²) in [6.07, 6.45) is 8.08. The first-order chi connectivity index (χ1) is 10.3. The summed E-state index contributed by atoms with van der Waals surface area (Å²) in [6.45, 7) is 2.23. The molecule has 112 valence electrons. The fraction of sp³-hybridized carbons (Fsp3) is 0.421. The minimum Gasteiger partial charge on any atom is -0.287 e. The largest absolute Gasteiger partial charge is 0.287 e. The SMILES string of the molecule is CCCCCCCCC(=O)Sc1ccc2ccccc2c1. The lowest BCUT2D eigenvalue weighted by atomic mass is 10.1. The summed E-state index contributed by atoms with van der Waals surface area (Å²) in [5, 5.41) is 2.72. The molecule has 0 N–H and O–H groups in total.